The zero-order chi connectivity index (χ0) is 20.3. The van der Waals surface area contributed by atoms with Gasteiger partial charge < -0.3 is 25.5 Å². The molecular formula is C24H22O5. The summed E-state index contributed by atoms with van der Waals surface area (Å²) in [5, 5.41) is 51.9. The van der Waals surface area contributed by atoms with Crippen LogP contribution >= 0.6 is 0 Å². The van der Waals surface area contributed by atoms with Crippen LogP contribution in [0.4, 0.5) is 0 Å². The van der Waals surface area contributed by atoms with Gasteiger partial charge in [0.05, 0.1) is 5.39 Å². The minimum absolute atomic E-state index is 0.0906. The Morgan fingerprint density at radius 2 is 1.48 bits per heavy atom. The number of fused-ring (bicyclic) bond motifs is 3. The Morgan fingerprint density at radius 1 is 0.759 bits per heavy atom. The Morgan fingerprint density at radius 3 is 2.24 bits per heavy atom. The van der Waals surface area contributed by atoms with Gasteiger partial charge in [-0.1, -0.05) is 31.1 Å². The lowest BCUT2D eigenvalue weighted by atomic mass is 9.67. The van der Waals surface area contributed by atoms with Crippen LogP contribution in [-0.4, -0.2) is 25.5 Å². The van der Waals surface area contributed by atoms with E-state index in [1.54, 1.807) is 18.2 Å². The Labute approximate surface area is 167 Å². The van der Waals surface area contributed by atoms with Crippen LogP contribution in [-0.2, 0) is 5.41 Å². The van der Waals surface area contributed by atoms with Crippen molar-refractivity contribution >= 4 is 22.4 Å². The van der Waals surface area contributed by atoms with E-state index < -0.39 is 0 Å². The van der Waals surface area contributed by atoms with Crippen LogP contribution in [0.15, 0.2) is 36.4 Å². The average molecular weight is 390 g/mol. The van der Waals surface area contributed by atoms with E-state index in [9.17, 15) is 25.5 Å². The molecule has 5 nitrogen and oxygen atoms in total. The summed E-state index contributed by atoms with van der Waals surface area (Å²) >= 11 is 0. The van der Waals surface area contributed by atoms with E-state index in [0.29, 0.717) is 5.39 Å². The van der Waals surface area contributed by atoms with E-state index in [1.165, 1.54) is 12.1 Å². The number of phenolic OH excluding ortho intramolecular Hbond substituents is 5. The largest absolute Gasteiger partial charge is 0.507 e. The van der Waals surface area contributed by atoms with Gasteiger partial charge in [0.15, 0.2) is 23.0 Å². The normalized spacial score (nSPS) is 17.4. The number of phenols is 5. The first-order chi connectivity index (χ1) is 13.9. The summed E-state index contributed by atoms with van der Waals surface area (Å²) in [5.41, 5.74) is 3.47. The number of aromatic hydroxyl groups is 5. The molecule has 0 saturated heterocycles. The fraction of sp³-hybridized carbons (Fsp3) is 0.250. The maximum Gasteiger partial charge on any atom is 0.169 e. The first-order valence-corrected chi connectivity index (χ1v) is 9.84. The van der Waals surface area contributed by atoms with Gasteiger partial charge in [-0.15, -0.1) is 0 Å². The molecular weight excluding hydrogens is 368 g/mol. The Kier molecular flexibility index (Phi) is 3.72. The summed E-state index contributed by atoms with van der Waals surface area (Å²) in [7, 11) is 0. The molecule has 1 spiro atoms. The molecule has 0 radical (unpaired) electrons. The van der Waals surface area contributed by atoms with Crippen molar-refractivity contribution in [1.82, 2.24) is 0 Å². The molecule has 0 atom stereocenters. The molecule has 1 fully saturated rings. The zero-order valence-corrected chi connectivity index (χ0v) is 15.8. The van der Waals surface area contributed by atoms with E-state index >= 15 is 0 Å². The van der Waals surface area contributed by atoms with Crippen LogP contribution in [0.2, 0.25) is 0 Å². The van der Waals surface area contributed by atoms with Gasteiger partial charge >= 0.3 is 0 Å². The average Bonchev–Trinajstić information content (AvgIpc) is 3.15. The molecule has 0 amide bonds. The van der Waals surface area contributed by atoms with Crippen LogP contribution < -0.4 is 0 Å². The van der Waals surface area contributed by atoms with Gasteiger partial charge in [0.1, 0.15) is 5.75 Å². The molecule has 2 aliphatic rings. The van der Waals surface area contributed by atoms with Crippen molar-refractivity contribution in [3.8, 4) is 28.7 Å². The molecule has 0 unspecified atom stereocenters. The molecule has 148 valence electrons. The molecule has 2 aliphatic carbocycles. The molecule has 3 aromatic carbocycles. The number of rotatable bonds is 1. The molecule has 29 heavy (non-hydrogen) atoms. The minimum Gasteiger partial charge on any atom is -0.507 e. The Bertz CT molecular complexity index is 1190. The van der Waals surface area contributed by atoms with Crippen molar-refractivity contribution in [2.24, 2.45) is 0 Å². The molecule has 0 heterocycles. The maximum atomic E-state index is 10.3. The Balaban J connectivity index is 1.79. The van der Waals surface area contributed by atoms with Crippen LogP contribution in [0.25, 0.3) is 22.4 Å². The highest BCUT2D eigenvalue weighted by Gasteiger charge is 2.41. The van der Waals surface area contributed by atoms with Crippen molar-refractivity contribution in [2.45, 2.75) is 37.5 Å². The van der Waals surface area contributed by atoms with Gasteiger partial charge in [-0.05, 0) is 71.2 Å². The predicted molar refractivity (Wildman–Crippen MR) is 111 cm³/mol. The number of hydrogen-bond donors (Lipinski definition) is 5. The highest BCUT2D eigenvalue weighted by atomic mass is 16.3. The van der Waals surface area contributed by atoms with Crippen molar-refractivity contribution in [3.63, 3.8) is 0 Å². The van der Waals surface area contributed by atoms with Gasteiger partial charge in [-0.25, -0.2) is 0 Å². The van der Waals surface area contributed by atoms with E-state index in [4.69, 9.17) is 0 Å². The highest BCUT2D eigenvalue weighted by Crippen LogP contribution is 2.55. The van der Waals surface area contributed by atoms with Gasteiger partial charge in [0.2, 0.25) is 0 Å². The second-order valence-corrected chi connectivity index (χ2v) is 8.25. The van der Waals surface area contributed by atoms with Crippen LogP contribution in [0.3, 0.4) is 0 Å². The lowest BCUT2D eigenvalue weighted by Gasteiger charge is -2.36. The first-order valence-electron chi connectivity index (χ1n) is 9.84. The summed E-state index contributed by atoms with van der Waals surface area (Å²) in [6.45, 7) is 0. The molecule has 5 heteroatoms. The second kappa shape index (κ2) is 6.08. The van der Waals surface area contributed by atoms with Crippen molar-refractivity contribution in [2.75, 3.05) is 0 Å². The molecule has 0 bridgehead atoms. The van der Waals surface area contributed by atoms with E-state index in [1.807, 2.05) is 12.1 Å². The van der Waals surface area contributed by atoms with Crippen molar-refractivity contribution < 1.29 is 25.5 Å². The van der Waals surface area contributed by atoms with Crippen LogP contribution in [0.5, 0.6) is 28.7 Å². The lowest BCUT2D eigenvalue weighted by Crippen LogP contribution is -2.26. The monoisotopic (exact) mass is 390 g/mol. The molecule has 0 aliphatic heterocycles. The van der Waals surface area contributed by atoms with Crippen LogP contribution in [0.1, 0.15) is 48.8 Å². The summed E-state index contributed by atoms with van der Waals surface area (Å²) in [6.07, 6.45) is 6.84. The van der Waals surface area contributed by atoms with Gasteiger partial charge in [-0.2, -0.15) is 0 Å². The summed E-state index contributed by atoms with van der Waals surface area (Å²) in [4.78, 5) is 0. The molecule has 5 N–H and O–H groups in total. The zero-order valence-electron chi connectivity index (χ0n) is 15.8. The number of allylic oxidation sites excluding steroid dienone is 1. The summed E-state index contributed by atoms with van der Waals surface area (Å²) in [6, 6.07) is 9.82. The van der Waals surface area contributed by atoms with Crippen molar-refractivity contribution in [1.29, 1.82) is 0 Å². The third-order valence-electron chi connectivity index (χ3n) is 6.58. The molecule has 0 aromatic heterocycles. The fourth-order valence-electron chi connectivity index (χ4n) is 5.23. The van der Waals surface area contributed by atoms with Gasteiger partial charge in [0.25, 0.3) is 0 Å². The number of benzene rings is 3. The Hall–Kier alpha value is -3.34. The van der Waals surface area contributed by atoms with E-state index in [-0.39, 0.29) is 39.5 Å². The fourth-order valence-corrected chi connectivity index (χ4v) is 5.23. The van der Waals surface area contributed by atoms with Crippen molar-refractivity contribution in [3.05, 3.63) is 53.1 Å². The standard InChI is InChI=1S/C24H22O5/c25-18-5-3-4-15-16(10-21(28)23(29)22(15)18)14-8-13-9-19(26)20(27)11-17(13)24(12-14)6-1-2-7-24/h3-5,8-11,25-29H,1-2,6-7,12H2. The smallest absolute Gasteiger partial charge is 0.169 e. The quantitative estimate of drug-likeness (QED) is 0.371. The first kappa shape index (κ1) is 17.7. The molecule has 1 saturated carbocycles. The molecule has 3 aromatic rings. The third-order valence-corrected chi connectivity index (χ3v) is 6.58. The molecule has 5 rings (SSSR count). The summed E-state index contributed by atoms with van der Waals surface area (Å²) < 4.78 is 0. The maximum absolute atomic E-state index is 10.3. The van der Waals surface area contributed by atoms with Gasteiger partial charge in [-0.3, -0.25) is 0 Å². The van der Waals surface area contributed by atoms with E-state index in [2.05, 4.69) is 0 Å². The third kappa shape index (κ3) is 2.54. The van der Waals surface area contributed by atoms with Crippen LogP contribution in [0, 0.1) is 0 Å². The summed E-state index contributed by atoms with van der Waals surface area (Å²) in [5.74, 6) is -0.978. The second-order valence-electron chi connectivity index (χ2n) is 8.25. The topological polar surface area (TPSA) is 101 Å². The lowest BCUT2D eigenvalue weighted by molar-refractivity contribution is 0.395. The SMILES string of the molecule is Oc1cc2c(cc1O)C1(CCCC1)CC(c1cc(O)c(O)c3c(O)cccc13)=C2. The van der Waals surface area contributed by atoms with Gasteiger partial charge in [0, 0.05) is 5.41 Å². The number of hydrogen-bond acceptors (Lipinski definition) is 5. The highest BCUT2D eigenvalue weighted by molar-refractivity contribution is 6.05. The predicted octanol–water partition coefficient (Wildman–Crippen LogP) is 5.12. The van der Waals surface area contributed by atoms with E-state index in [0.717, 1.165) is 54.4 Å². The minimum atomic E-state index is -0.336.